The number of benzene rings is 2. The number of allylic oxidation sites excluding steroid dienone is 1. The van der Waals surface area contributed by atoms with Gasteiger partial charge in [0, 0.05) is 17.3 Å². The SMILES string of the molecule is CC1=CC2c3cc(C)cc4c3CC(C4)N2c2ccccc21. The zero-order valence-corrected chi connectivity index (χ0v) is 12.6. The number of anilines is 1. The predicted octanol–water partition coefficient (Wildman–Crippen LogP) is 4.44. The zero-order chi connectivity index (χ0) is 14.1. The summed E-state index contributed by atoms with van der Waals surface area (Å²) in [6.07, 6.45) is 4.91. The maximum Gasteiger partial charge on any atom is 0.0738 e. The van der Waals surface area contributed by atoms with Gasteiger partial charge in [-0.1, -0.05) is 42.0 Å². The van der Waals surface area contributed by atoms with E-state index in [1.165, 1.54) is 35.2 Å². The fourth-order valence-electron chi connectivity index (χ4n) is 4.63. The average molecular weight is 273 g/mol. The molecule has 0 aromatic heterocycles. The first-order chi connectivity index (χ1) is 10.2. The molecule has 21 heavy (non-hydrogen) atoms. The lowest BCUT2D eigenvalue weighted by Crippen LogP contribution is -2.42. The van der Waals surface area contributed by atoms with Crippen LogP contribution in [0.3, 0.4) is 0 Å². The average Bonchev–Trinajstić information content (AvgIpc) is 2.86. The second kappa shape index (κ2) is 3.79. The van der Waals surface area contributed by atoms with Gasteiger partial charge in [0.2, 0.25) is 0 Å². The van der Waals surface area contributed by atoms with Crippen LogP contribution >= 0.6 is 0 Å². The van der Waals surface area contributed by atoms with E-state index in [1.54, 1.807) is 16.7 Å². The van der Waals surface area contributed by atoms with Gasteiger partial charge >= 0.3 is 0 Å². The van der Waals surface area contributed by atoms with E-state index in [4.69, 9.17) is 0 Å². The van der Waals surface area contributed by atoms with E-state index in [0.717, 1.165) is 0 Å². The highest BCUT2D eigenvalue weighted by atomic mass is 15.2. The Labute approximate surface area is 125 Å². The molecule has 2 heterocycles. The Bertz CT molecular complexity index is 799. The summed E-state index contributed by atoms with van der Waals surface area (Å²) in [5.74, 6) is 0. The van der Waals surface area contributed by atoms with Crippen molar-refractivity contribution in [2.75, 3.05) is 4.90 Å². The van der Waals surface area contributed by atoms with E-state index in [1.807, 2.05) is 0 Å². The van der Waals surface area contributed by atoms with Crippen molar-refractivity contribution in [3.8, 4) is 0 Å². The maximum atomic E-state index is 2.68. The molecular formula is C20H19N. The van der Waals surface area contributed by atoms with Gasteiger partial charge < -0.3 is 4.90 Å². The van der Waals surface area contributed by atoms with Gasteiger partial charge in [-0.2, -0.15) is 0 Å². The molecule has 5 rings (SSSR count). The molecule has 0 saturated heterocycles. The molecule has 2 aliphatic heterocycles. The standard InChI is InChI=1S/C20H19N/c1-12-7-14-10-15-11-17(14)18(8-12)20-9-13(2)16-5-3-4-6-19(16)21(15)20/h3-9,15,20H,10-11H2,1-2H3. The lowest BCUT2D eigenvalue weighted by atomic mass is 9.85. The quantitative estimate of drug-likeness (QED) is 0.686. The third-order valence-corrected chi connectivity index (χ3v) is 5.44. The van der Waals surface area contributed by atoms with Crippen LogP contribution < -0.4 is 4.90 Å². The van der Waals surface area contributed by atoms with E-state index >= 15 is 0 Å². The molecule has 104 valence electrons. The number of hydrogen-bond acceptors (Lipinski definition) is 1. The minimum atomic E-state index is 0.440. The molecule has 0 saturated carbocycles. The first kappa shape index (κ1) is 11.6. The van der Waals surface area contributed by atoms with Crippen molar-refractivity contribution in [1.82, 2.24) is 0 Å². The van der Waals surface area contributed by atoms with E-state index < -0.39 is 0 Å². The van der Waals surface area contributed by atoms with Gasteiger partial charge in [-0.05, 0) is 55.0 Å². The Kier molecular flexibility index (Phi) is 2.10. The van der Waals surface area contributed by atoms with Crippen LogP contribution in [-0.2, 0) is 12.8 Å². The Balaban J connectivity index is 1.80. The van der Waals surface area contributed by atoms with Crippen LogP contribution in [0.1, 0.15) is 40.8 Å². The van der Waals surface area contributed by atoms with Crippen LogP contribution in [-0.4, -0.2) is 6.04 Å². The maximum absolute atomic E-state index is 2.68. The van der Waals surface area contributed by atoms with Crippen molar-refractivity contribution in [1.29, 1.82) is 0 Å². The van der Waals surface area contributed by atoms with E-state index in [-0.39, 0.29) is 0 Å². The highest BCUT2D eigenvalue weighted by Gasteiger charge is 2.41. The number of hydrogen-bond donors (Lipinski definition) is 0. The highest BCUT2D eigenvalue weighted by Crippen LogP contribution is 2.49. The number of rotatable bonds is 0. The number of para-hydroxylation sites is 1. The molecule has 0 amide bonds. The van der Waals surface area contributed by atoms with Gasteiger partial charge in [0.05, 0.1) is 6.04 Å². The summed E-state index contributed by atoms with van der Waals surface area (Å²) in [6, 6.07) is 14.8. The third kappa shape index (κ3) is 1.41. The Morgan fingerprint density at radius 3 is 2.81 bits per heavy atom. The van der Waals surface area contributed by atoms with Crippen molar-refractivity contribution in [3.05, 3.63) is 70.3 Å². The minimum absolute atomic E-state index is 0.440. The molecule has 0 radical (unpaired) electrons. The zero-order valence-electron chi connectivity index (χ0n) is 12.6. The van der Waals surface area contributed by atoms with Gasteiger partial charge in [0.1, 0.15) is 0 Å². The molecule has 0 spiro atoms. The fraction of sp³-hybridized carbons (Fsp3) is 0.300. The summed E-state index contributed by atoms with van der Waals surface area (Å²) in [5, 5.41) is 0. The van der Waals surface area contributed by atoms with Gasteiger partial charge in [0.25, 0.3) is 0 Å². The highest BCUT2D eigenvalue weighted by molar-refractivity contribution is 5.82. The van der Waals surface area contributed by atoms with Crippen LogP contribution in [0.5, 0.6) is 0 Å². The third-order valence-electron chi connectivity index (χ3n) is 5.44. The largest absolute Gasteiger partial charge is 0.357 e. The first-order valence-electron chi connectivity index (χ1n) is 7.91. The van der Waals surface area contributed by atoms with Crippen molar-refractivity contribution < 1.29 is 0 Å². The van der Waals surface area contributed by atoms with Gasteiger partial charge in [-0.15, -0.1) is 0 Å². The number of nitrogens with zero attached hydrogens (tertiary/aromatic N) is 1. The normalized spacial score (nSPS) is 24.5. The molecule has 1 nitrogen and oxygen atoms in total. The Morgan fingerprint density at radius 2 is 1.90 bits per heavy atom. The van der Waals surface area contributed by atoms with Crippen LogP contribution in [0, 0.1) is 6.92 Å². The predicted molar refractivity (Wildman–Crippen MR) is 87.7 cm³/mol. The molecule has 0 N–H and O–H groups in total. The van der Waals surface area contributed by atoms with Crippen molar-refractivity contribution in [2.45, 2.75) is 38.8 Å². The summed E-state index contributed by atoms with van der Waals surface area (Å²) in [5.41, 5.74) is 10.4. The van der Waals surface area contributed by atoms with Crippen molar-refractivity contribution in [2.24, 2.45) is 0 Å². The van der Waals surface area contributed by atoms with Crippen LogP contribution in [0.25, 0.3) is 5.57 Å². The van der Waals surface area contributed by atoms with Crippen molar-refractivity contribution >= 4 is 11.3 Å². The monoisotopic (exact) mass is 273 g/mol. The molecule has 2 aromatic carbocycles. The van der Waals surface area contributed by atoms with E-state index in [2.05, 4.69) is 61.2 Å². The van der Waals surface area contributed by atoms with Crippen molar-refractivity contribution in [3.63, 3.8) is 0 Å². The minimum Gasteiger partial charge on any atom is -0.357 e. The lowest BCUT2D eigenvalue weighted by molar-refractivity contribution is 0.552. The summed E-state index contributed by atoms with van der Waals surface area (Å²) in [6.45, 7) is 4.49. The van der Waals surface area contributed by atoms with Gasteiger partial charge in [-0.3, -0.25) is 0 Å². The topological polar surface area (TPSA) is 3.24 Å². The summed E-state index contributed by atoms with van der Waals surface area (Å²) in [4.78, 5) is 2.68. The Hall–Kier alpha value is -2.02. The van der Waals surface area contributed by atoms with Crippen LogP contribution in [0.4, 0.5) is 5.69 Å². The van der Waals surface area contributed by atoms with E-state index in [9.17, 15) is 0 Å². The second-order valence-electron chi connectivity index (χ2n) is 6.77. The molecule has 3 aliphatic rings. The molecular weight excluding hydrogens is 254 g/mol. The van der Waals surface area contributed by atoms with Gasteiger partial charge in [0.15, 0.2) is 0 Å². The molecule has 1 aliphatic carbocycles. The molecule has 2 atom stereocenters. The van der Waals surface area contributed by atoms with Crippen LogP contribution in [0.2, 0.25) is 0 Å². The summed E-state index contributed by atoms with van der Waals surface area (Å²) >= 11 is 0. The summed E-state index contributed by atoms with van der Waals surface area (Å²) < 4.78 is 0. The fourth-order valence-corrected chi connectivity index (χ4v) is 4.63. The Morgan fingerprint density at radius 1 is 1.05 bits per heavy atom. The van der Waals surface area contributed by atoms with E-state index in [0.29, 0.717) is 12.1 Å². The number of aryl methyl sites for hydroxylation is 1. The molecule has 1 heteroatoms. The molecule has 2 aromatic rings. The smallest absolute Gasteiger partial charge is 0.0738 e. The number of fused-ring (bicyclic) bond motifs is 6. The molecule has 0 fully saturated rings. The molecule has 2 bridgehead atoms. The summed E-state index contributed by atoms with van der Waals surface area (Å²) in [7, 11) is 0. The molecule has 2 unspecified atom stereocenters. The van der Waals surface area contributed by atoms with Gasteiger partial charge in [-0.25, -0.2) is 0 Å². The second-order valence-corrected chi connectivity index (χ2v) is 6.77. The van der Waals surface area contributed by atoms with Crippen LogP contribution in [0.15, 0.2) is 42.5 Å². The first-order valence-corrected chi connectivity index (χ1v) is 7.91. The lowest BCUT2D eigenvalue weighted by Gasteiger charge is -2.44.